The number of anilines is 1. The zero-order chi connectivity index (χ0) is 11.3. The van der Waals surface area contributed by atoms with Crippen molar-refractivity contribution in [3.63, 3.8) is 0 Å². The van der Waals surface area contributed by atoms with Gasteiger partial charge >= 0.3 is 0 Å². The summed E-state index contributed by atoms with van der Waals surface area (Å²) in [4.78, 5) is 11.5. The molecule has 4 heteroatoms. The van der Waals surface area contributed by atoms with Crippen LogP contribution >= 0.6 is 27.5 Å². The Labute approximate surface area is 103 Å². The molecule has 0 aromatic heterocycles. The number of hydrogen-bond acceptors (Lipinski definition) is 1. The Morgan fingerprint density at radius 1 is 1.47 bits per heavy atom. The maximum absolute atomic E-state index is 11.5. The minimum atomic E-state index is -0.446. The van der Waals surface area contributed by atoms with E-state index in [1.807, 2.05) is 31.2 Å². The summed E-state index contributed by atoms with van der Waals surface area (Å²) in [6.45, 7) is 2.00. The summed E-state index contributed by atoms with van der Waals surface area (Å²) >= 11 is 9.22. The summed E-state index contributed by atoms with van der Waals surface area (Å²) < 4.78 is 0.983. The summed E-state index contributed by atoms with van der Waals surface area (Å²) in [6.07, 6.45) is 1.60. The molecule has 0 aliphatic heterocycles. The number of carbonyl (C=O) groups excluding carboxylic acids is 1. The first-order valence-corrected chi connectivity index (χ1v) is 6.07. The molecule has 0 radical (unpaired) electrons. The normalized spacial score (nSPS) is 12.2. The number of alkyl halides is 1. The van der Waals surface area contributed by atoms with Gasteiger partial charge in [0.25, 0.3) is 0 Å². The van der Waals surface area contributed by atoms with Gasteiger partial charge in [-0.1, -0.05) is 29.3 Å². The average molecular weight is 291 g/mol. The first kappa shape index (κ1) is 12.5. The van der Waals surface area contributed by atoms with Crippen LogP contribution < -0.4 is 5.32 Å². The van der Waals surface area contributed by atoms with Crippen molar-refractivity contribution < 1.29 is 4.79 Å². The Morgan fingerprint density at radius 2 is 2.07 bits per heavy atom. The highest BCUT2D eigenvalue weighted by atomic mass is 79.9. The van der Waals surface area contributed by atoms with Gasteiger partial charge in [-0.25, -0.2) is 0 Å². The van der Waals surface area contributed by atoms with E-state index >= 15 is 0 Å². The van der Waals surface area contributed by atoms with Crippen molar-refractivity contribution in [2.75, 3.05) is 5.32 Å². The Bertz CT molecular complexity index is 326. The van der Waals surface area contributed by atoms with Crippen molar-refractivity contribution in [3.05, 3.63) is 28.7 Å². The fourth-order valence-corrected chi connectivity index (χ4v) is 1.68. The van der Waals surface area contributed by atoms with Gasteiger partial charge in [-0.15, -0.1) is 11.6 Å². The van der Waals surface area contributed by atoms with Crippen LogP contribution in [0.5, 0.6) is 0 Å². The smallest absolute Gasteiger partial charge is 0.242 e. The predicted molar refractivity (Wildman–Crippen MR) is 67.3 cm³/mol. The van der Waals surface area contributed by atoms with Crippen LogP contribution in [0.15, 0.2) is 28.7 Å². The van der Waals surface area contributed by atoms with Crippen LogP contribution in [0.2, 0.25) is 0 Å². The van der Waals surface area contributed by atoms with Gasteiger partial charge in [0.1, 0.15) is 5.38 Å². The Morgan fingerprint density at radius 3 is 2.60 bits per heavy atom. The van der Waals surface area contributed by atoms with Crippen LogP contribution in [0.3, 0.4) is 0 Å². The van der Waals surface area contributed by atoms with Gasteiger partial charge in [0.05, 0.1) is 0 Å². The van der Waals surface area contributed by atoms with Gasteiger partial charge in [-0.2, -0.15) is 0 Å². The van der Waals surface area contributed by atoms with E-state index in [-0.39, 0.29) is 5.91 Å². The first-order chi connectivity index (χ1) is 7.13. The minimum Gasteiger partial charge on any atom is -0.325 e. The lowest BCUT2D eigenvalue weighted by Gasteiger charge is -2.09. The van der Waals surface area contributed by atoms with Crippen molar-refractivity contribution in [1.29, 1.82) is 0 Å². The molecule has 1 amide bonds. The van der Waals surface area contributed by atoms with E-state index in [0.717, 1.165) is 16.6 Å². The van der Waals surface area contributed by atoms with Gasteiger partial charge in [0, 0.05) is 10.2 Å². The molecule has 15 heavy (non-hydrogen) atoms. The second-order valence-corrected chi connectivity index (χ2v) is 4.69. The third-order valence-electron chi connectivity index (χ3n) is 1.94. The monoisotopic (exact) mass is 289 g/mol. The van der Waals surface area contributed by atoms with E-state index in [0.29, 0.717) is 6.42 Å². The number of nitrogens with one attached hydrogen (secondary N) is 1. The lowest BCUT2D eigenvalue weighted by atomic mass is 10.2. The molecule has 1 N–H and O–H groups in total. The van der Waals surface area contributed by atoms with Gasteiger partial charge in [0.2, 0.25) is 5.91 Å². The van der Waals surface area contributed by atoms with Crippen LogP contribution in [0, 0.1) is 0 Å². The summed E-state index contributed by atoms with van der Waals surface area (Å²) in [7, 11) is 0. The van der Waals surface area contributed by atoms with Crippen LogP contribution in [0.25, 0.3) is 0 Å². The van der Waals surface area contributed by atoms with E-state index in [9.17, 15) is 4.79 Å². The lowest BCUT2D eigenvalue weighted by molar-refractivity contribution is -0.116. The second kappa shape index (κ2) is 6.13. The van der Waals surface area contributed by atoms with Gasteiger partial charge in [-0.3, -0.25) is 4.79 Å². The topological polar surface area (TPSA) is 29.1 Å². The summed E-state index contributed by atoms with van der Waals surface area (Å²) in [5, 5.41) is 2.32. The Hall–Kier alpha value is -0.540. The van der Waals surface area contributed by atoms with Gasteiger partial charge < -0.3 is 5.32 Å². The molecule has 82 valence electrons. The fourth-order valence-electron chi connectivity index (χ4n) is 1.14. The average Bonchev–Trinajstić information content (AvgIpc) is 2.22. The molecule has 1 rings (SSSR count). The highest BCUT2D eigenvalue weighted by molar-refractivity contribution is 9.10. The summed E-state index contributed by atoms with van der Waals surface area (Å²) in [6, 6.07) is 7.41. The molecule has 0 saturated heterocycles. The maximum atomic E-state index is 11.5. The maximum Gasteiger partial charge on any atom is 0.242 e. The molecule has 0 bridgehead atoms. The first-order valence-electron chi connectivity index (χ1n) is 4.84. The lowest BCUT2D eigenvalue weighted by Crippen LogP contribution is -2.22. The highest BCUT2D eigenvalue weighted by Gasteiger charge is 2.13. The van der Waals surface area contributed by atoms with Crippen molar-refractivity contribution >= 4 is 39.1 Å². The molecule has 0 heterocycles. The van der Waals surface area contributed by atoms with E-state index in [2.05, 4.69) is 21.2 Å². The molecule has 0 spiro atoms. The number of hydrogen-bond donors (Lipinski definition) is 1. The van der Waals surface area contributed by atoms with Gasteiger partial charge in [-0.05, 0) is 30.7 Å². The molecule has 1 aromatic rings. The molecular weight excluding hydrogens is 277 g/mol. The van der Waals surface area contributed by atoms with Crippen molar-refractivity contribution in [2.45, 2.75) is 25.1 Å². The highest BCUT2D eigenvalue weighted by Crippen LogP contribution is 2.15. The SMILES string of the molecule is CCCC(Cl)C(=O)Nc1ccc(Br)cc1. The Balaban J connectivity index is 2.54. The number of halogens is 2. The fraction of sp³-hybridized carbons (Fsp3) is 0.364. The summed E-state index contributed by atoms with van der Waals surface area (Å²) in [5.41, 5.74) is 0.768. The van der Waals surface area contributed by atoms with Crippen molar-refractivity contribution in [1.82, 2.24) is 0 Å². The van der Waals surface area contributed by atoms with E-state index in [4.69, 9.17) is 11.6 Å². The van der Waals surface area contributed by atoms with Gasteiger partial charge in [0.15, 0.2) is 0 Å². The quantitative estimate of drug-likeness (QED) is 0.840. The number of amides is 1. The molecule has 0 aliphatic rings. The summed E-state index contributed by atoms with van der Waals surface area (Å²) in [5.74, 6) is -0.138. The molecule has 2 nitrogen and oxygen atoms in total. The number of rotatable bonds is 4. The minimum absolute atomic E-state index is 0.138. The molecule has 0 fully saturated rings. The molecule has 0 saturated carbocycles. The predicted octanol–water partition coefficient (Wildman–Crippen LogP) is 3.80. The van der Waals surface area contributed by atoms with Crippen molar-refractivity contribution in [3.8, 4) is 0 Å². The second-order valence-electron chi connectivity index (χ2n) is 3.25. The zero-order valence-electron chi connectivity index (χ0n) is 8.47. The molecule has 1 unspecified atom stereocenters. The largest absolute Gasteiger partial charge is 0.325 e. The van der Waals surface area contributed by atoms with Crippen molar-refractivity contribution in [2.24, 2.45) is 0 Å². The van der Waals surface area contributed by atoms with Crippen LogP contribution in [-0.2, 0) is 4.79 Å². The van der Waals surface area contributed by atoms with E-state index in [1.54, 1.807) is 0 Å². The number of carbonyl (C=O) groups is 1. The molecule has 1 atom stereocenters. The van der Waals surface area contributed by atoms with E-state index < -0.39 is 5.38 Å². The van der Waals surface area contributed by atoms with Crippen LogP contribution in [0.4, 0.5) is 5.69 Å². The number of benzene rings is 1. The third kappa shape index (κ3) is 4.22. The molecule has 1 aromatic carbocycles. The van der Waals surface area contributed by atoms with E-state index in [1.165, 1.54) is 0 Å². The zero-order valence-corrected chi connectivity index (χ0v) is 10.8. The third-order valence-corrected chi connectivity index (χ3v) is 2.88. The standard InChI is InChI=1S/C11H13BrClNO/c1-2-3-10(13)11(15)14-9-6-4-8(12)5-7-9/h4-7,10H,2-3H2,1H3,(H,14,15). The molecule has 0 aliphatic carbocycles. The van der Waals surface area contributed by atoms with Crippen LogP contribution in [-0.4, -0.2) is 11.3 Å². The Kier molecular flexibility index (Phi) is 5.12. The van der Waals surface area contributed by atoms with Crippen LogP contribution in [0.1, 0.15) is 19.8 Å². The molecular formula is C11H13BrClNO.